The second kappa shape index (κ2) is 6.26. The predicted octanol–water partition coefficient (Wildman–Crippen LogP) is 2.68. The normalized spacial score (nSPS) is 9.31. The second-order valence-electron chi connectivity index (χ2n) is 2.92. The number of nitriles is 1. The average Bonchev–Trinajstić information content (AvgIpc) is 2.24. The summed E-state index contributed by atoms with van der Waals surface area (Å²) in [4.78, 5) is 0. The molecule has 0 aromatic heterocycles. The summed E-state index contributed by atoms with van der Waals surface area (Å²) in [6, 6.07) is 6.20. The first-order valence-corrected chi connectivity index (χ1v) is 5.29. The molecule has 0 radical (unpaired) electrons. The third-order valence-electron chi connectivity index (χ3n) is 1.70. The Morgan fingerprint density at radius 3 is 2.94 bits per heavy atom. The summed E-state index contributed by atoms with van der Waals surface area (Å²) >= 11 is 10.6. The van der Waals surface area contributed by atoms with Crippen molar-refractivity contribution in [1.82, 2.24) is 5.32 Å². The van der Waals surface area contributed by atoms with Crippen LogP contribution in [-0.4, -0.2) is 11.7 Å². The molecular weight excluding hydrogens is 249 g/mol. The van der Waals surface area contributed by atoms with E-state index >= 15 is 0 Å². The minimum absolute atomic E-state index is 0.0322. The van der Waals surface area contributed by atoms with Crippen LogP contribution >= 0.6 is 23.8 Å². The molecule has 1 aromatic rings. The van der Waals surface area contributed by atoms with Crippen LogP contribution in [0.2, 0.25) is 5.02 Å². The first kappa shape index (κ1) is 12.7. The Balaban J connectivity index is 2.50. The van der Waals surface area contributed by atoms with Gasteiger partial charge in [0, 0.05) is 12.2 Å². The van der Waals surface area contributed by atoms with Crippen molar-refractivity contribution in [3.05, 3.63) is 29.0 Å². The van der Waals surface area contributed by atoms with Gasteiger partial charge in [0.05, 0.1) is 17.5 Å². The van der Waals surface area contributed by atoms with Crippen LogP contribution < -0.4 is 10.6 Å². The zero-order chi connectivity index (χ0) is 12.0. The highest BCUT2D eigenvalue weighted by Gasteiger charge is 2.02. The quantitative estimate of drug-likeness (QED) is 0.646. The van der Waals surface area contributed by atoms with E-state index in [2.05, 4.69) is 10.6 Å². The van der Waals surface area contributed by atoms with E-state index in [4.69, 9.17) is 29.1 Å². The summed E-state index contributed by atoms with van der Waals surface area (Å²) in [5.74, 6) is -0.476. The van der Waals surface area contributed by atoms with E-state index in [1.54, 1.807) is 0 Å². The molecule has 6 heteroatoms. The van der Waals surface area contributed by atoms with Gasteiger partial charge in [-0.2, -0.15) is 5.26 Å². The lowest BCUT2D eigenvalue weighted by molar-refractivity contribution is 0.628. The van der Waals surface area contributed by atoms with Crippen molar-refractivity contribution < 1.29 is 4.39 Å². The molecule has 0 aliphatic carbocycles. The Hall–Kier alpha value is -1.38. The van der Waals surface area contributed by atoms with Gasteiger partial charge in [0.2, 0.25) is 0 Å². The molecule has 2 N–H and O–H groups in total. The summed E-state index contributed by atoms with van der Waals surface area (Å²) in [6.07, 6.45) is 0.367. The van der Waals surface area contributed by atoms with Gasteiger partial charge in [-0.15, -0.1) is 0 Å². The van der Waals surface area contributed by atoms with E-state index in [0.717, 1.165) is 0 Å². The first-order chi connectivity index (χ1) is 7.63. The lowest BCUT2D eigenvalue weighted by Gasteiger charge is -2.09. The highest BCUT2D eigenvalue weighted by molar-refractivity contribution is 7.80. The minimum Gasteiger partial charge on any atom is -0.361 e. The van der Waals surface area contributed by atoms with E-state index < -0.39 is 5.82 Å². The van der Waals surface area contributed by atoms with E-state index in [1.165, 1.54) is 18.2 Å². The molecule has 0 amide bonds. The van der Waals surface area contributed by atoms with E-state index in [-0.39, 0.29) is 5.02 Å². The van der Waals surface area contributed by atoms with Crippen molar-refractivity contribution >= 4 is 34.6 Å². The second-order valence-corrected chi connectivity index (χ2v) is 3.73. The number of rotatable bonds is 3. The van der Waals surface area contributed by atoms with Crippen molar-refractivity contribution in [3.8, 4) is 6.07 Å². The summed E-state index contributed by atoms with van der Waals surface area (Å²) in [7, 11) is 0. The molecule has 0 saturated carbocycles. The van der Waals surface area contributed by atoms with Crippen LogP contribution in [0, 0.1) is 17.1 Å². The van der Waals surface area contributed by atoms with Crippen LogP contribution in [-0.2, 0) is 0 Å². The lowest BCUT2D eigenvalue weighted by atomic mass is 10.3. The average molecular weight is 258 g/mol. The highest BCUT2D eigenvalue weighted by atomic mass is 35.5. The maximum Gasteiger partial charge on any atom is 0.170 e. The fourth-order valence-corrected chi connectivity index (χ4v) is 1.38. The van der Waals surface area contributed by atoms with Crippen LogP contribution in [0.25, 0.3) is 0 Å². The van der Waals surface area contributed by atoms with Gasteiger partial charge in [-0.25, -0.2) is 4.39 Å². The SMILES string of the molecule is N#CCCNC(=S)Nc1ccc(F)c(Cl)c1. The molecule has 16 heavy (non-hydrogen) atoms. The molecule has 0 fully saturated rings. The number of nitrogens with zero attached hydrogens (tertiary/aromatic N) is 1. The monoisotopic (exact) mass is 257 g/mol. The van der Waals surface area contributed by atoms with Crippen molar-refractivity contribution in [2.45, 2.75) is 6.42 Å². The molecule has 1 aromatic carbocycles. The fourth-order valence-electron chi connectivity index (χ4n) is 0.981. The third-order valence-corrected chi connectivity index (χ3v) is 2.24. The van der Waals surface area contributed by atoms with E-state index in [0.29, 0.717) is 23.8 Å². The molecule has 84 valence electrons. The predicted molar refractivity (Wildman–Crippen MR) is 65.9 cm³/mol. The molecule has 0 unspecified atom stereocenters. The summed E-state index contributed by atoms with van der Waals surface area (Å²) in [5, 5.41) is 14.4. The van der Waals surface area contributed by atoms with Crippen LogP contribution in [0.1, 0.15) is 6.42 Å². The van der Waals surface area contributed by atoms with E-state index in [1.807, 2.05) is 6.07 Å². The Morgan fingerprint density at radius 2 is 2.31 bits per heavy atom. The number of benzene rings is 1. The number of thiocarbonyl (C=S) groups is 1. The van der Waals surface area contributed by atoms with Crippen LogP contribution in [0.3, 0.4) is 0 Å². The molecule has 0 spiro atoms. The fraction of sp³-hybridized carbons (Fsp3) is 0.200. The number of anilines is 1. The van der Waals surface area contributed by atoms with Gasteiger partial charge in [-0.3, -0.25) is 0 Å². The zero-order valence-electron chi connectivity index (χ0n) is 8.26. The maximum atomic E-state index is 12.8. The molecule has 0 heterocycles. The summed E-state index contributed by atoms with van der Waals surface area (Å²) in [5.41, 5.74) is 0.598. The molecular formula is C10H9ClFN3S. The Morgan fingerprint density at radius 1 is 1.56 bits per heavy atom. The molecule has 1 rings (SSSR count). The smallest absolute Gasteiger partial charge is 0.170 e. The summed E-state index contributed by atoms with van der Waals surface area (Å²) < 4.78 is 12.8. The molecule has 3 nitrogen and oxygen atoms in total. The van der Waals surface area contributed by atoms with Gasteiger partial charge in [0.1, 0.15) is 5.82 Å². The Labute approximate surface area is 103 Å². The summed E-state index contributed by atoms with van der Waals surface area (Å²) in [6.45, 7) is 0.470. The van der Waals surface area contributed by atoms with Crippen molar-refractivity contribution in [1.29, 1.82) is 5.26 Å². The maximum absolute atomic E-state index is 12.8. The van der Waals surface area contributed by atoms with Gasteiger partial charge in [0.25, 0.3) is 0 Å². The van der Waals surface area contributed by atoms with Crippen LogP contribution in [0.15, 0.2) is 18.2 Å². The standard InChI is InChI=1S/C10H9ClFN3S/c11-8-6-7(2-3-9(8)12)15-10(16)14-5-1-4-13/h2-3,6H,1,5H2,(H2,14,15,16). The van der Waals surface area contributed by atoms with Gasteiger partial charge >= 0.3 is 0 Å². The topological polar surface area (TPSA) is 47.9 Å². The molecule has 0 aliphatic heterocycles. The largest absolute Gasteiger partial charge is 0.361 e. The lowest BCUT2D eigenvalue weighted by Crippen LogP contribution is -2.29. The zero-order valence-corrected chi connectivity index (χ0v) is 9.83. The number of nitrogens with one attached hydrogen (secondary N) is 2. The molecule has 0 aliphatic rings. The molecule has 0 bridgehead atoms. The van der Waals surface area contributed by atoms with Crippen molar-refractivity contribution in [2.24, 2.45) is 0 Å². The Bertz CT molecular complexity index is 431. The first-order valence-electron chi connectivity index (χ1n) is 4.50. The number of hydrogen-bond acceptors (Lipinski definition) is 2. The van der Waals surface area contributed by atoms with Gasteiger partial charge in [-0.1, -0.05) is 11.6 Å². The van der Waals surface area contributed by atoms with Gasteiger partial charge < -0.3 is 10.6 Å². The van der Waals surface area contributed by atoms with Crippen LogP contribution in [0.5, 0.6) is 0 Å². The Kier molecular flexibility index (Phi) is 4.96. The van der Waals surface area contributed by atoms with Gasteiger partial charge in [-0.05, 0) is 30.4 Å². The van der Waals surface area contributed by atoms with Crippen LogP contribution in [0.4, 0.5) is 10.1 Å². The highest BCUT2D eigenvalue weighted by Crippen LogP contribution is 2.19. The van der Waals surface area contributed by atoms with Gasteiger partial charge in [0.15, 0.2) is 5.11 Å². The third kappa shape index (κ3) is 4.01. The number of halogens is 2. The van der Waals surface area contributed by atoms with Crippen molar-refractivity contribution in [2.75, 3.05) is 11.9 Å². The minimum atomic E-state index is -0.476. The number of hydrogen-bond donors (Lipinski definition) is 2. The molecule has 0 saturated heterocycles. The van der Waals surface area contributed by atoms with E-state index in [9.17, 15) is 4.39 Å². The van der Waals surface area contributed by atoms with Crippen molar-refractivity contribution in [3.63, 3.8) is 0 Å². The molecule has 0 atom stereocenters.